The van der Waals surface area contributed by atoms with Gasteiger partial charge in [-0.3, -0.25) is 4.90 Å². The van der Waals surface area contributed by atoms with Crippen molar-refractivity contribution in [1.82, 2.24) is 9.80 Å². The van der Waals surface area contributed by atoms with E-state index in [0.29, 0.717) is 12.0 Å². The summed E-state index contributed by atoms with van der Waals surface area (Å²) in [5, 5.41) is 10.4. The Bertz CT molecular complexity index is 322. The molecule has 2 aliphatic rings. The van der Waals surface area contributed by atoms with Crippen LogP contribution in [0.1, 0.15) is 40.5 Å². The van der Waals surface area contributed by atoms with Crippen LogP contribution >= 0.6 is 0 Å². The summed E-state index contributed by atoms with van der Waals surface area (Å²) >= 11 is 0. The van der Waals surface area contributed by atoms with E-state index in [2.05, 4.69) is 37.5 Å². The van der Waals surface area contributed by atoms with Crippen LogP contribution < -0.4 is 0 Å². The van der Waals surface area contributed by atoms with Crippen LogP contribution in [0.5, 0.6) is 0 Å². The summed E-state index contributed by atoms with van der Waals surface area (Å²) in [6.07, 6.45) is 2.84. The average molecular weight is 328 g/mol. The fraction of sp³-hybridized carbons (Fsp3) is 1.00. The Morgan fingerprint density at radius 1 is 1.04 bits per heavy atom. The first-order valence-electron chi connectivity index (χ1n) is 9.32. The maximum atomic E-state index is 10.4. The van der Waals surface area contributed by atoms with Crippen molar-refractivity contribution in [3.8, 4) is 0 Å². The number of hydrogen-bond acceptors (Lipinski definition) is 5. The molecule has 23 heavy (non-hydrogen) atoms. The maximum absolute atomic E-state index is 10.4. The molecule has 3 atom stereocenters. The van der Waals surface area contributed by atoms with Crippen LogP contribution in [0, 0.1) is 5.92 Å². The van der Waals surface area contributed by atoms with E-state index >= 15 is 0 Å². The zero-order valence-corrected chi connectivity index (χ0v) is 15.4. The molecule has 0 aromatic heterocycles. The van der Waals surface area contributed by atoms with Crippen molar-refractivity contribution in [2.45, 2.75) is 65.0 Å². The van der Waals surface area contributed by atoms with Gasteiger partial charge in [-0.15, -0.1) is 0 Å². The van der Waals surface area contributed by atoms with Crippen LogP contribution in [0.4, 0.5) is 0 Å². The van der Waals surface area contributed by atoms with Crippen molar-refractivity contribution in [3.63, 3.8) is 0 Å². The van der Waals surface area contributed by atoms with Crippen molar-refractivity contribution in [3.05, 3.63) is 0 Å². The summed E-state index contributed by atoms with van der Waals surface area (Å²) in [5.74, 6) is 0.605. The van der Waals surface area contributed by atoms with Crippen molar-refractivity contribution in [2.75, 3.05) is 45.9 Å². The van der Waals surface area contributed by atoms with Gasteiger partial charge in [0.2, 0.25) is 0 Å². The molecule has 2 saturated heterocycles. The number of likely N-dealkylation sites (tertiary alicyclic amines) is 1. The normalized spacial score (nSPS) is 30.0. The highest BCUT2D eigenvalue weighted by Crippen LogP contribution is 2.16. The minimum absolute atomic E-state index is 0.264. The summed E-state index contributed by atoms with van der Waals surface area (Å²) in [7, 11) is 0. The van der Waals surface area contributed by atoms with Crippen LogP contribution in [0.3, 0.4) is 0 Å². The summed E-state index contributed by atoms with van der Waals surface area (Å²) in [5.41, 5.74) is 0. The van der Waals surface area contributed by atoms with E-state index < -0.39 is 0 Å². The molecule has 2 heterocycles. The smallest absolute Gasteiger partial charge is 0.0793 e. The standard InChI is InChI=1S/C18H36N2O3/c1-14(2)13-22-18-5-7-19(8-6-18)11-17(21)12-20-9-15(3)23-16(4)10-20/h14-18,21H,5-13H2,1-4H3. The van der Waals surface area contributed by atoms with Crippen LogP contribution in [0.2, 0.25) is 0 Å². The Kier molecular flexibility index (Phi) is 7.76. The highest BCUT2D eigenvalue weighted by molar-refractivity contribution is 4.79. The van der Waals surface area contributed by atoms with Crippen LogP contribution in [-0.2, 0) is 9.47 Å². The van der Waals surface area contributed by atoms with E-state index in [-0.39, 0.29) is 18.3 Å². The molecule has 136 valence electrons. The number of aliphatic hydroxyl groups is 1. The lowest BCUT2D eigenvalue weighted by Gasteiger charge is -2.38. The Morgan fingerprint density at radius 3 is 2.17 bits per heavy atom. The van der Waals surface area contributed by atoms with Crippen molar-refractivity contribution in [1.29, 1.82) is 0 Å². The number of ether oxygens (including phenoxy) is 2. The second kappa shape index (κ2) is 9.33. The molecule has 0 aromatic rings. The Labute approximate surface area is 141 Å². The molecule has 0 saturated carbocycles. The van der Waals surface area contributed by atoms with Crippen molar-refractivity contribution in [2.24, 2.45) is 5.92 Å². The van der Waals surface area contributed by atoms with Gasteiger partial charge in [0.1, 0.15) is 0 Å². The second-order valence-electron chi connectivity index (χ2n) is 7.86. The fourth-order valence-electron chi connectivity index (χ4n) is 3.67. The largest absolute Gasteiger partial charge is 0.390 e. The van der Waals surface area contributed by atoms with Crippen LogP contribution in [0.15, 0.2) is 0 Å². The maximum Gasteiger partial charge on any atom is 0.0793 e. The van der Waals surface area contributed by atoms with Gasteiger partial charge in [0.05, 0.1) is 24.4 Å². The lowest BCUT2D eigenvalue weighted by molar-refractivity contribution is -0.0792. The summed E-state index contributed by atoms with van der Waals surface area (Å²) in [6, 6.07) is 0. The molecule has 0 aromatic carbocycles. The first kappa shape index (κ1) is 19.1. The van der Waals surface area contributed by atoms with Gasteiger partial charge in [-0.25, -0.2) is 0 Å². The second-order valence-corrected chi connectivity index (χ2v) is 7.86. The SMILES string of the molecule is CC(C)COC1CCN(CC(O)CN2CC(C)OC(C)C2)CC1. The zero-order chi connectivity index (χ0) is 16.8. The Balaban J connectivity index is 1.63. The van der Waals surface area contributed by atoms with Gasteiger partial charge < -0.3 is 19.5 Å². The predicted molar refractivity (Wildman–Crippen MR) is 92.7 cm³/mol. The third kappa shape index (κ3) is 7.06. The fourth-order valence-corrected chi connectivity index (χ4v) is 3.67. The molecule has 5 heteroatoms. The van der Waals surface area contributed by atoms with Gasteiger partial charge in [-0.2, -0.15) is 0 Å². The third-order valence-electron chi connectivity index (χ3n) is 4.63. The highest BCUT2D eigenvalue weighted by Gasteiger charge is 2.26. The molecule has 0 spiro atoms. The lowest BCUT2D eigenvalue weighted by atomic mass is 10.1. The Hall–Kier alpha value is -0.200. The number of β-amino-alcohol motifs (C(OH)–C–C–N with tert-alkyl or cyclic N) is 1. The molecule has 0 bridgehead atoms. The average Bonchev–Trinajstić information content (AvgIpc) is 2.45. The quantitative estimate of drug-likeness (QED) is 0.769. The van der Waals surface area contributed by atoms with Crippen molar-refractivity contribution >= 4 is 0 Å². The minimum atomic E-state index is -0.277. The predicted octanol–water partition coefficient (Wildman–Crippen LogP) is 1.59. The molecule has 0 aliphatic carbocycles. The summed E-state index contributed by atoms with van der Waals surface area (Å²) in [4.78, 5) is 4.72. The lowest BCUT2D eigenvalue weighted by Crippen LogP contribution is -2.50. The first-order valence-corrected chi connectivity index (χ1v) is 9.32. The van der Waals surface area contributed by atoms with Gasteiger partial charge in [0.15, 0.2) is 0 Å². The van der Waals surface area contributed by atoms with Gasteiger partial charge in [-0.05, 0) is 32.6 Å². The minimum Gasteiger partial charge on any atom is -0.390 e. The summed E-state index contributed by atoms with van der Waals surface area (Å²) in [6.45, 7) is 14.9. The first-order chi connectivity index (χ1) is 10.9. The number of morpholine rings is 1. The molecule has 5 nitrogen and oxygen atoms in total. The van der Waals surface area contributed by atoms with E-state index in [1.165, 1.54) is 0 Å². The molecule has 2 rings (SSSR count). The summed E-state index contributed by atoms with van der Waals surface area (Å²) < 4.78 is 11.7. The highest BCUT2D eigenvalue weighted by atomic mass is 16.5. The molecule has 0 radical (unpaired) electrons. The number of rotatable bonds is 7. The van der Waals surface area contributed by atoms with E-state index in [4.69, 9.17) is 9.47 Å². The van der Waals surface area contributed by atoms with Gasteiger partial charge in [-0.1, -0.05) is 13.8 Å². The molecule has 2 aliphatic heterocycles. The van der Waals surface area contributed by atoms with E-state index in [0.717, 1.165) is 58.7 Å². The van der Waals surface area contributed by atoms with Gasteiger partial charge >= 0.3 is 0 Å². The Morgan fingerprint density at radius 2 is 1.61 bits per heavy atom. The van der Waals surface area contributed by atoms with Gasteiger partial charge in [0, 0.05) is 45.9 Å². The molecular formula is C18H36N2O3. The van der Waals surface area contributed by atoms with Crippen molar-refractivity contribution < 1.29 is 14.6 Å². The molecule has 0 amide bonds. The molecule has 2 fully saturated rings. The van der Waals surface area contributed by atoms with E-state index in [9.17, 15) is 5.11 Å². The topological polar surface area (TPSA) is 45.2 Å². The number of piperidine rings is 1. The number of nitrogens with zero attached hydrogens (tertiary/aromatic N) is 2. The van der Waals surface area contributed by atoms with Crippen LogP contribution in [0.25, 0.3) is 0 Å². The zero-order valence-electron chi connectivity index (χ0n) is 15.4. The molecular weight excluding hydrogens is 292 g/mol. The molecule has 3 unspecified atom stereocenters. The number of hydrogen-bond donors (Lipinski definition) is 1. The number of aliphatic hydroxyl groups excluding tert-OH is 1. The van der Waals surface area contributed by atoms with E-state index in [1.807, 2.05) is 0 Å². The van der Waals surface area contributed by atoms with Gasteiger partial charge in [0.25, 0.3) is 0 Å². The third-order valence-corrected chi connectivity index (χ3v) is 4.63. The monoisotopic (exact) mass is 328 g/mol. The molecule has 1 N–H and O–H groups in total. The van der Waals surface area contributed by atoms with E-state index in [1.54, 1.807) is 0 Å². The van der Waals surface area contributed by atoms with Crippen LogP contribution in [-0.4, -0.2) is 85.2 Å².